The molecule has 0 atom stereocenters. The van der Waals surface area contributed by atoms with E-state index in [4.69, 9.17) is 0 Å². The minimum absolute atomic E-state index is 0.0617. The quantitative estimate of drug-likeness (QED) is 0.774. The van der Waals surface area contributed by atoms with Crippen molar-refractivity contribution in [2.45, 2.75) is 37.5 Å². The molecule has 8 heteroatoms. The van der Waals surface area contributed by atoms with E-state index in [-0.39, 0.29) is 15.7 Å². The van der Waals surface area contributed by atoms with E-state index >= 15 is 0 Å². The van der Waals surface area contributed by atoms with Crippen LogP contribution in [0.3, 0.4) is 0 Å². The van der Waals surface area contributed by atoms with E-state index in [1.165, 1.54) is 28.6 Å². The van der Waals surface area contributed by atoms with Crippen molar-refractivity contribution in [1.82, 2.24) is 9.03 Å². The highest BCUT2D eigenvalue weighted by molar-refractivity contribution is 7.89. The van der Waals surface area contributed by atoms with Crippen molar-refractivity contribution < 1.29 is 16.8 Å². The van der Waals surface area contributed by atoms with Gasteiger partial charge in [-0.3, -0.25) is 0 Å². The summed E-state index contributed by atoms with van der Waals surface area (Å²) in [7, 11) is -7.18. The minimum atomic E-state index is -3.61. The molecule has 0 radical (unpaired) electrons. The third-order valence-electron chi connectivity index (χ3n) is 3.16. The van der Waals surface area contributed by atoms with Gasteiger partial charge in [-0.2, -0.15) is 4.31 Å². The summed E-state index contributed by atoms with van der Waals surface area (Å²) in [6, 6.07) is 5.30. The fourth-order valence-corrected chi connectivity index (χ4v) is 4.53. The van der Waals surface area contributed by atoms with Gasteiger partial charge in [0.25, 0.3) is 0 Å². The number of hydrogen-bond donors (Lipinski definition) is 1. The number of nitrogens with zero attached hydrogens (tertiary/aromatic N) is 1. The largest absolute Gasteiger partial charge is 0.243 e. The molecule has 0 amide bonds. The third kappa shape index (κ3) is 4.52. The molecule has 1 aromatic carbocycles. The zero-order valence-electron chi connectivity index (χ0n) is 13.4. The van der Waals surface area contributed by atoms with Gasteiger partial charge in [-0.25, -0.2) is 21.6 Å². The van der Waals surface area contributed by atoms with Crippen LogP contribution in [0.15, 0.2) is 34.1 Å². The van der Waals surface area contributed by atoms with Crippen LogP contribution in [0.2, 0.25) is 0 Å². The highest BCUT2D eigenvalue weighted by Gasteiger charge is 2.22. The van der Waals surface area contributed by atoms with Crippen molar-refractivity contribution in [3.05, 3.63) is 24.3 Å². The van der Waals surface area contributed by atoms with Gasteiger partial charge in [0.15, 0.2) is 0 Å². The van der Waals surface area contributed by atoms with Crippen molar-refractivity contribution in [3.63, 3.8) is 0 Å². The van der Waals surface area contributed by atoms with Crippen LogP contribution in [-0.4, -0.2) is 40.8 Å². The van der Waals surface area contributed by atoms with Gasteiger partial charge in [0.2, 0.25) is 20.0 Å². The van der Waals surface area contributed by atoms with Crippen LogP contribution < -0.4 is 4.72 Å². The van der Waals surface area contributed by atoms with E-state index in [2.05, 4.69) is 4.72 Å². The van der Waals surface area contributed by atoms with Crippen molar-refractivity contribution in [2.24, 2.45) is 5.92 Å². The fourth-order valence-electron chi connectivity index (χ4n) is 1.86. The molecule has 0 aliphatic carbocycles. The highest BCUT2D eigenvalue weighted by atomic mass is 32.2. The van der Waals surface area contributed by atoms with E-state index in [1.54, 1.807) is 13.8 Å². The Labute approximate surface area is 133 Å². The summed E-state index contributed by atoms with van der Waals surface area (Å²) in [6.45, 7) is 8.40. The number of nitrogens with one attached hydrogen (secondary N) is 1. The molecular formula is C14H24N2O4S2. The van der Waals surface area contributed by atoms with Gasteiger partial charge in [-0.1, -0.05) is 27.7 Å². The van der Waals surface area contributed by atoms with Gasteiger partial charge >= 0.3 is 0 Å². The molecule has 1 N–H and O–H groups in total. The van der Waals surface area contributed by atoms with Crippen molar-refractivity contribution in [3.8, 4) is 0 Å². The highest BCUT2D eigenvalue weighted by Crippen LogP contribution is 2.18. The molecule has 6 nitrogen and oxygen atoms in total. The van der Waals surface area contributed by atoms with Crippen LogP contribution in [0.25, 0.3) is 0 Å². The predicted octanol–water partition coefficient (Wildman–Crippen LogP) is 1.65. The number of sulfonamides is 2. The number of hydrogen-bond acceptors (Lipinski definition) is 4. The van der Waals surface area contributed by atoms with E-state index in [1.807, 2.05) is 13.8 Å². The third-order valence-corrected chi connectivity index (χ3v) is 6.66. The molecular weight excluding hydrogens is 324 g/mol. The molecule has 1 rings (SSSR count). The maximum atomic E-state index is 12.3. The maximum absolute atomic E-state index is 12.3. The second-order valence-electron chi connectivity index (χ2n) is 5.31. The molecule has 126 valence electrons. The lowest BCUT2D eigenvalue weighted by Gasteiger charge is -2.18. The molecule has 0 saturated heterocycles. The number of benzene rings is 1. The molecule has 0 unspecified atom stereocenters. The summed E-state index contributed by atoms with van der Waals surface area (Å²) in [6.07, 6.45) is 0. The van der Waals surface area contributed by atoms with Crippen LogP contribution in [0.4, 0.5) is 0 Å². The standard InChI is InChI=1S/C14H24N2O4S2/c1-5-16(6-2)22(19,20)14-9-7-13(8-10-14)21(17,18)15-11-12(3)4/h7-10,12,15H,5-6,11H2,1-4H3. The lowest BCUT2D eigenvalue weighted by atomic mass is 10.2. The van der Waals surface area contributed by atoms with Crippen LogP contribution in [0, 0.1) is 5.92 Å². The fraction of sp³-hybridized carbons (Fsp3) is 0.571. The molecule has 0 aromatic heterocycles. The second-order valence-corrected chi connectivity index (χ2v) is 9.01. The van der Waals surface area contributed by atoms with Crippen molar-refractivity contribution >= 4 is 20.0 Å². The SMILES string of the molecule is CCN(CC)S(=O)(=O)c1ccc(S(=O)(=O)NCC(C)C)cc1. The summed E-state index contributed by atoms with van der Waals surface area (Å²) < 4.78 is 52.6. The Morgan fingerprint density at radius 2 is 1.41 bits per heavy atom. The molecule has 0 saturated carbocycles. The van der Waals surface area contributed by atoms with Gasteiger partial charge in [0.05, 0.1) is 9.79 Å². The average molecular weight is 348 g/mol. The van der Waals surface area contributed by atoms with E-state index < -0.39 is 20.0 Å². The van der Waals surface area contributed by atoms with Crippen LogP contribution >= 0.6 is 0 Å². The molecule has 0 aliphatic rings. The first-order chi connectivity index (χ1) is 10.1. The summed E-state index contributed by atoms with van der Waals surface area (Å²) >= 11 is 0. The molecule has 0 bridgehead atoms. The average Bonchev–Trinajstić information content (AvgIpc) is 2.46. The molecule has 0 heterocycles. The van der Waals surface area contributed by atoms with Gasteiger partial charge in [0.1, 0.15) is 0 Å². The topological polar surface area (TPSA) is 83.6 Å². The van der Waals surface area contributed by atoms with E-state index in [0.29, 0.717) is 19.6 Å². The summed E-state index contributed by atoms with van der Waals surface area (Å²) in [5.74, 6) is 0.192. The summed E-state index contributed by atoms with van der Waals surface area (Å²) in [4.78, 5) is 0.158. The van der Waals surface area contributed by atoms with Gasteiger partial charge < -0.3 is 0 Å². The molecule has 1 aromatic rings. The Morgan fingerprint density at radius 3 is 1.82 bits per heavy atom. The zero-order valence-corrected chi connectivity index (χ0v) is 15.0. The molecule has 22 heavy (non-hydrogen) atoms. The van der Waals surface area contributed by atoms with Crippen LogP contribution in [0.5, 0.6) is 0 Å². The molecule has 0 fully saturated rings. The van der Waals surface area contributed by atoms with E-state index in [0.717, 1.165) is 0 Å². The van der Waals surface area contributed by atoms with Crippen LogP contribution in [0.1, 0.15) is 27.7 Å². The minimum Gasteiger partial charge on any atom is -0.211 e. The first-order valence-electron chi connectivity index (χ1n) is 7.25. The molecule has 0 spiro atoms. The first-order valence-corrected chi connectivity index (χ1v) is 10.2. The Balaban J connectivity index is 3.05. The number of rotatable bonds is 8. The lowest BCUT2D eigenvalue weighted by Crippen LogP contribution is -2.30. The molecule has 0 aliphatic heterocycles. The maximum Gasteiger partial charge on any atom is 0.243 e. The Bertz CT molecular complexity index is 676. The normalized spacial score (nSPS) is 13.0. The Morgan fingerprint density at radius 1 is 0.955 bits per heavy atom. The predicted molar refractivity (Wildman–Crippen MR) is 86.6 cm³/mol. The van der Waals surface area contributed by atoms with Gasteiger partial charge in [-0.05, 0) is 30.2 Å². The Kier molecular flexibility index (Phi) is 6.54. The van der Waals surface area contributed by atoms with Crippen LogP contribution in [-0.2, 0) is 20.0 Å². The monoisotopic (exact) mass is 348 g/mol. The first kappa shape index (κ1) is 19.1. The summed E-state index contributed by atoms with van der Waals surface area (Å²) in [5.41, 5.74) is 0. The van der Waals surface area contributed by atoms with Crippen molar-refractivity contribution in [1.29, 1.82) is 0 Å². The lowest BCUT2D eigenvalue weighted by molar-refractivity contribution is 0.445. The van der Waals surface area contributed by atoms with Gasteiger partial charge in [0, 0.05) is 19.6 Å². The Hall–Kier alpha value is -0.960. The van der Waals surface area contributed by atoms with E-state index in [9.17, 15) is 16.8 Å². The second kappa shape index (κ2) is 7.54. The van der Waals surface area contributed by atoms with Gasteiger partial charge in [-0.15, -0.1) is 0 Å². The summed E-state index contributed by atoms with van der Waals surface area (Å²) in [5, 5.41) is 0. The van der Waals surface area contributed by atoms with Crippen molar-refractivity contribution in [2.75, 3.05) is 19.6 Å². The zero-order chi connectivity index (χ0) is 17.0. The smallest absolute Gasteiger partial charge is 0.211 e.